The molecule has 0 radical (unpaired) electrons. The number of benzene rings is 12. The van der Waals surface area contributed by atoms with Crippen LogP contribution in [0.1, 0.15) is 37.2 Å². The molecule has 0 atom stereocenters. The zero-order valence-electron chi connectivity index (χ0n) is 50.3. The summed E-state index contributed by atoms with van der Waals surface area (Å²) in [5, 5.41) is 9.83. The maximum absolute atomic E-state index is 5.73. The molecular weight excluding hydrogens is 1110 g/mol. The van der Waals surface area contributed by atoms with Crippen LogP contribution in [-0.2, 0) is 0 Å². The normalized spacial score (nSPS) is 12.5. The first-order valence-electron chi connectivity index (χ1n) is 31.2. The smallest absolute Gasteiger partial charge is 0.178 e. The predicted molar refractivity (Wildman–Crippen MR) is 382 cm³/mol. The summed E-state index contributed by atoms with van der Waals surface area (Å²) < 4.78 is 9.43. The molecule has 0 aliphatic heterocycles. The number of hydrogen-bond donors (Lipinski definition) is 0. The zero-order chi connectivity index (χ0) is 60.5. The molecule has 430 valence electrons. The molecule has 0 aliphatic carbocycles. The van der Waals surface area contributed by atoms with Crippen LogP contribution in [0.3, 0.4) is 0 Å². The lowest BCUT2D eigenvalue weighted by atomic mass is 10.0. The maximum Gasteiger partial charge on any atom is 0.178 e. The minimum absolute atomic E-state index is 0.535. The SMILES string of the molecule is CC\C=C(/N=C(\C=C(/C)c1ccc(-n2c3ccccc3c3ccccc32)cc1)c1ccc(-n2c3ccccc3c3ccccc32)cc1)c1nc(-c2ccc(-n3c4ccccc4c4ccccc43)cc2)cc(-c2ccc(-n3c4ccccc4c4ccccc43)cc2)n1. The number of rotatable bonds is 12. The summed E-state index contributed by atoms with van der Waals surface area (Å²) in [6.07, 6.45) is 5.09. The van der Waals surface area contributed by atoms with Gasteiger partial charge in [0.1, 0.15) is 5.70 Å². The summed E-state index contributed by atoms with van der Waals surface area (Å²) in [4.78, 5) is 16.8. The van der Waals surface area contributed by atoms with E-state index in [2.05, 4.69) is 342 Å². The zero-order valence-corrected chi connectivity index (χ0v) is 50.3. The first kappa shape index (κ1) is 53.3. The van der Waals surface area contributed by atoms with Crippen LogP contribution in [0.4, 0.5) is 0 Å². The fourth-order valence-electron chi connectivity index (χ4n) is 13.9. The van der Waals surface area contributed by atoms with E-state index in [-0.39, 0.29) is 0 Å². The number of hydrogen-bond acceptors (Lipinski definition) is 3. The van der Waals surface area contributed by atoms with Gasteiger partial charge in [0, 0.05) is 82.5 Å². The summed E-state index contributed by atoms with van der Waals surface area (Å²) in [5.74, 6) is 0.535. The maximum atomic E-state index is 5.73. The molecule has 5 aromatic heterocycles. The quantitative estimate of drug-likeness (QED) is 0.114. The Kier molecular flexibility index (Phi) is 12.9. The minimum atomic E-state index is 0.535. The van der Waals surface area contributed by atoms with E-state index in [0.29, 0.717) is 17.9 Å². The molecule has 0 unspecified atom stereocenters. The average Bonchev–Trinajstić information content (AvgIpc) is 1.84. The highest BCUT2D eigenvalue weighted by molar-refractivity contribution is 6.15. The molecular formula is C84H59N7. The van der Waals surface area contributed by atoms with Crippen molar-refractivity contribution in [1.29, 1.82) is 0 Å². The summed E-state index contributed by atoms with van der Waals surface area (Å²) in [7, 11) is 0. The molecule has 0 spiro atoms. The number of para-hydroxylation sites is 8. The second-order valence-electron chi connectivity index (χ2n) is 23.5. The van der Waals surface area contributed by atoms with Gasteiger partial charge in [-0.1, -0.05) is 207 Å². The molecule has 91 heavy (non-hydrogen) atoms. The number of allylic oxidation sites excluding steroid dienone is 3. The monoisotopic (exact) mass is 1170 g/mol. The van der Waals surface area contributed by atoms with Crippen LogP contribution in [0.25, 0.3) is 144 Å². The van der Waals surface area contributed by atoms with E-state index >= 15 is 0 Å². The average molecular weight is 1170 g/mol. The molecule has 17 aromatic rings. The van der Waals surface area contributed by atoms with Gasteiger partial charge in [0.05, 0.1) is 61.2 Å². The molecule has 0 saturated carbocycles. The molecule has 0 N–H and O–H groups in total. The Morgan fingerprint density at radius 2 is 0.593 bits per heavy atom. The molecule has 5 heterocycles. The van der Waals surface area contributed by atoms with Crippen LogP contribution in [-0.4, -0.2) is 33.9 Å². The van der Waals surface area contributed by atoms with Crippen molar-refractivity contribution in [2.75, 3.05) is 0 Å². The van der Waals surface area contributed by atoms with Crippen LogP contribution < -0.4 is 0 Å². The van der Waals surface area contributed by atoms with E-state index in [1.807, 2.05) is 0 Å². The Balaban J connectivity index is 0.813. The van der Waals surface area contributed by atoms with Crippen molar-refractivity contribution in [1.82, 2.24) is 28.2 Å². The van der Waals surface area contributed by atoms with Crippen molar-refractivity contribution in [3.63, 3.8) is 0 Å². The molecule has 0 saturated heterocycles. The molecule has 0 amide bonds. The fraction of sp³-hybridized carbons (Fsp3) is 0.0357. The summed E-state index contributed by atoms with van der Waals surface area (Å²) in [5.41, 5.74) is 21.8. The minimum Gasteiger partial charge on any atom is -0.309 e. The Morgan fingerprint density at radius 1 is 0.330 bits per heavy atom. The van der Waals surface area contributed by atoms with E-state index in [1.54, 1.807) is 0 Å². The van der Waals surface area contributed by atoms with Crippen molar-refractivity contribution in [3.8, 4) is 45.3 Å². The number of fused-ring (bicyclic) bond motifs is 12. The van der Waals surface area contributed by atoms with E-state index < -0.39 is 0 Å². The molecule has 12 aromatic carbocycles. The molecule has 0 bridgehead atoms. The van der Waals surface area contributed by atoms with Gasteiger partial charge in [-0.15, -0.1) is 0 Å². The summed E-state index contributed by atoms with van der Waals surface area (Å²) >= 11 is 0. The van der Waals surface area contributed by atoms with Gasteiger partial charge in [0.25, 0.3) is 0 Å². The highest BCUT2D eigenvalue weighted by atomic mass is 15.0. The summed E-state index contributed by atoms with van der Waals surface area (Å²) in [6, 6.07) is 107. The van der Waals surface area contributed by atoms with Gasteiger partial charge in [-0.3, -0.25) is 0 Å². The first-order valence-corrected chi connectivity index (χ1v) is 31.2. The van der Waals surface area contributed by atoms with Gasteiger partial charge in [-0.05, 0) is 134 Å². The largest absolute Gasteiger partial charge is 0.309 e. The lowest BCUT2D eigenvalue weighted by Gasteiger charge is -2.14. The van der Waals surface area contributed by atoms with Crippen LogP contribution in [0.5, 0.6) is 0 Å². The lowest BCUT2D eigenvalue weighted by Crippen LogP contribution is -2.04. The number of aliphatic imine (C=N–C) groups is 1. The Hall–Kier alpha value is -11.9. The van der Waals surface area contributed by atoms with Crippen molar-refractivity contribution < 1.29 is 0 Å². The predicted octanol–water partition coefficient (Wildman–Crippen LogP) is 21.5. The second kappa shape index (κ2) is 22.0. The first-order chi connectivity index (χ1) is 45.0. The topological polar surface area (TPSA) is 57.9 Å². The van der Waals surface area contributed by atoms with Crippen LogP contribution in [0, 0.1) is 0 Å². The van der Waals surface area contributed by atoms with Crippen LogP contribution in [0.2, 0.25) is 0 Å². The van der Waals surface area contributed by atoms with Gasteiger partial charge in [-0.25, -0.2) is 15.0 Å². The Bertz CT molecular complexity index is 5400. The molecule has 0 fully saturated rings. The molecule has 7 nitrogen and oxygen atoms in total. The van der Waals surface area contributed by atoms with Crippen molar-refractivity contribution in [2.45, 2.75) is 20.3 Å². The van der Waals surface area contributed by atoms with Gasteiger partial charge in [0.2, 0.25) is 0 Å². The van der Waals surface area contributed by atoms with Crippen molar-refractivity contribution >= 4 is 104 Å². The van der Waals surface area contributed by atoms with E-state index in [4.69, 9.17) is 15.0 Å². The van der Waals surface area contributed by atoms with Gasteiger partial charge in [-0.2, -0.15) is 0 Å². The third-order valence-electron chi connectivity index (χ3n) is 18.1. The summed E-state index contributed by atoms with van der Waals surface area (Å²) in [6.45, 7) is 4.34. The van der Waals surface area contributed by atoms with Gasteiger partial charge >= 0.3 is 0 Å². The fourth-order valence-corrected chi connectivity index (χ4v) is 13.9. The number of aromatic nitrogens is 6. The van der Waals surface area contributed by atoms with Crippen molar-refractivity contribution in [2.24, 2.45) is 4.99 Å². The van der Waals surface area contributed by atoms with Crippen LogP contribution in [0.15, 0.2) is 314 Å². The van der Waals surface area contributed by atoms with Gasteiger partial charge in [0.15, 0.2) is 5.82 Å². The van der Waals surface area contributed by atoms with Crippen molar-refractivity contribution in [3.05, 3.63) is 326 Å². The molecule has 0 aliphatic rings. The highest BCUT2D eigenvalue weighted by Gasteiger charge is 2.20. The van der Waals surface area contributed by atoms with Gasteiger partial charge < -0.3 is 18.3 Å². The Labute approximate surface area is 526 Å². The highest BCUT2D eigenvalue weighted by Crippen LogP contribution is 2.38. The molecule has 17 rings (SSSR count). The van der Waals surface area contributed by atoms with E-state index in [9.17, 15) is 0 Å². The lowest BCUT2D eigenvalue weighted by molar-refractivity contribution is 1.10. The van der Waals surface area contributed by atoms with E-state index in [1.165, 1.54) is 54.1 Å². The molecule has 7 heteroatoms. The standard InChI is InChI=1S/C84H59N7/c1-3-20-72(85-73(57-39-47-61(48-40-57)89-78-31-14-6-23-66(78)67-24-7-15-32-79(67)89)53-55(2)56-37-45-60(46-38-56)88-76-29-12-4-21-64(76)65-22-5-13-30-77(65)88)84-86-74(58-41-49-62(50-42-58)90-80-33-16-8-25-68(80)69-26-9-17-34-81(69)90)54-75(87-84)59-43-51-63(52-44-59)91-82-35-18-10-27-70(82)71-28-11-19-36-83(71)91/h4-54H,3H2,1-2H3/b55-53+,72-20-,85-73+. The van der Waals surface area contributed by atoms with E-state index in [0.717, 1.165) is 101 Å². The third kappa shape index (κ3) is 9.08. The Morgan fingerprint density at radius 3 is 0.879 bits per heavy atom. The second-order valence-corrected chi connectivity index (χ2v) is 23.5. The van der Waals surface area contributed by atoms with Crippen LogP contribution >= 0.6 is 0 Å². The third-order valence-corrected chi connectivity index (χ3v) is 18.1. The number of nitrogens with zero attached hydrogens (tertiary/aromatic N) is 7.